The van der Waals surface area contributed by atoms with Crippen molar-refractivity contribution >= 4 is 29.0 Å². The molecule has 0 atom stereocenters. The Labute approximate surface area is 147 Å². The normalized spacial score (nSPS) is 10.8. The lowest BCUT2D eigenvalue weighted by Crippen LogP contribution is -2.26. The van der Waals surface area contributed by atoms with Crippen LogP contribution < -0.4 is 10.6 Å². The van der Waals surface area contributed by atoms with E-state index in [1.807, 2.05) is 25.1 Å². The highest BCUT2D eigenvalue weighted by Gasteiger charge is 2.11. The fraction of sp³-hybridized carbons (Fsp3) is 0.389. The molecule has 2 N–H and O–H groups in total. The molecule has 0 aliphatic carbocycles. The van der Waals surface area contributed by atoms with E-state index in [2.05, 4.69) is 34.4 Å². The van der Waals surface area contributed by atoms with Gasteiger partial charge in [0, 0.05) is 23.3 Å². The number of aromatic nitrogens is 2. The van der Waals surface area contributed by atoms with Gasteiger partial charge in [-0.2, -0.15) is 0 Å². The SMILES string of the molecule is Cc1nc(Nc2ccc(C)c(Cl)c2)cc(C(=O)NCCC(C)C)n1. The van der Waals surface area contributed by atoms with Crippen LogP contribution in [-0.2, 0) is 0 Å². The van der Waals surface area contributed by atoms with Crippen molar-refractivity contribution in [2.24, 2.45) is 5.92 Å². The summed E-state index contributed by atoms with van der Waals surface area (Å²) in [6.45, 7) is 8.58. The molecule has 24 heavy (non-hydrogen) atoms. The molecule has 1 aromatic carbocycles. The molecule has 0 spiro atoms. The third-order valence-corrected chi connectivity index (χ3v) is 3.93. The third kappa shape index (κ3) is 5.20. The van der Waals surface area contributed by atoms with E-state index in [0.29, 0.717) is 34.8 Å². The van der Waals surface area contributed by atoms with Crippen LogP contribution in [0.4, 0.5) is 11.5 Å². The molecule has 0 saturated heterocycles. The minimum absolute atomic E-state index is 0.189. The summed E-state index contributed by atoms with van der Waals surface area (Å²) in [7, 11) is 0. The number of carbonyl (C=O) groups excluding carboxylic acids is 1. The molecule has 128 valence electrons. The highest BCUT2D eigenvalue weighted by Crippen LogP contribution is 2.22. The lowest BCUT2D eigenvalue weighted by molar-refractivity contribution is 0.0946. The van der Waals surface area contributed by atoms with Crippen molar-refractivity contribution in [2.75, 3.05) is 11.9 Å². The monoisotopic (exact) mass is 346 g/mol. The zero-order valence-electron chi connectivity index (χ0n) is 14.5. The van der Waals surface area contributed by atoms with Gasteiger partial charge in [-0.25, -0.2) is 9.97 Å². The molecule has 6 heteroatoms. The molecule has 0 aliphatic rings. The lowest BCUT2D eigenvalue weighted by Gasteiger charge is -2.10. The fourth-order valence-electron chi connectivity index (χ4n) is 2.13. The maximum absolute atomic E-state index is 12.2. The molecule has 1 aromatic heterocycles. The molecule has 2 aromatic rings. The van der Waals surface area contributed by atoms with E-state index in [1.165, 1.54) is 0 Å². The summed E-state index contributed by atoms with van der Waals surface area (Å²) >= 11 is 6.14. The largest absolute Gasteiger partial charge is 0.351 e. The number of hydrogen-bond acceptors (Lipinski definition) is 4. The van der Waals surface area contributed by atoms with E-state index in [1.54, 1.807) is 13.0 Å². The predicted octanol–water partition coefficient (Wildman–Crippen LogP) is 4.27. The van der Waals surface area contributed by atoms with E-state index in [-0.39, 0.29) is 5.91 Å². The maximum Gasteiger partial charge on any atom is 0.270 e. The Balaban J connectivity index is 2.12. The quantitative estimate of drug-likeness (QED) is 0.819. The second-order valence-corrected chi connectivity index (χ2v) is 6.62. The summed E-state index contributed by atoms with van der Waals surface area (Å²) < 4.78 is 0. The Morgan fingerprint density at radius 2 is 1.96 bits per heavy atom. The second-order valence-electron chi connectivity index (χ2n) is 6.21. The third-order valence-electron chi connectivity index (χ3n) is 3.52. The molecule has 0 radical (unpaired) electrons. The number of nitrogens with zero attached hydrogens (tertiary/aromatic N) is 2. The minimum Gasteiger partial charge on any atom is -0.351 e. The summed E-state index contributed by atoms with van der Waals surface area (Å²) in [5, 5.41) is 6.73. The van der Waals surface area contributed by atoms with Gasteiger partial charge in [0.25, 0.3) is 5.91 Å². The van der Waals surface area contributed by atoms with Crippen molar-refractivity contribution in [3.05, 3.63) is 46.4 Å². The maximum atomic E-state index is 12.2. The van der Waals surface area contributed by atoms with Crippen molar-refractivity contribution in [3.8, 4) is 0 Å². The number of nitrogens with one attached hydrogen (secondary N) is 2. The van der Waals surface area contributed by atoms with Crippen LogP contribution in [0.15, 0.2) is 24.3 Å². The average Bonchev–Trinajstić information content (AvgIpc) is 2.50. The fourth-order valence-corrected chi connectivity index (χ4v) is 2.31. The Kier molecular flexibility index (Phi) is 6.15. The first kappa shape index (κ1) is 18.2. The van der Waals surface area contributed by atoms with Crippen molar-refractivity contribution in [1.29, 1.82) is 0 Å². The van der Waals surface area contributed by atoms with Crippen LogP contribution in [0, 0.1) is 19.8 Å². The van der Waals surface area contributed by atoms with Crippen molar-refractivity contribution in [2.45, 2.75) is 34.1 Å². The Hall–Kier alpha value is -2.14. The van der Waals surface area contributed by atoms with Crippen LogP contribution in [0.25, 0.3) is 0 Å². The van der Waals surface area contributed by atoms with Gasteiger partial charge in [-0.15, -0.1) is 0 Å². The molecular weight excluding hydrogens is 324 g/mol. The standard InChI is InChI=1S/C18H23ClN4O/c1-11(2)7-8-20-18(24)16-10-17(22-13(4)21-16)23-14-6-5-12(3)15(19)9-14/h5-6,9-11H,7-8H2,1-4H3,(H,20,24)(H,21,22,23). The van der Waals surface area contributed by atoms with Crippen LogP contribution in [0.5, 0.6) is 0 Å². The van der Waals surface area contributed by atoms with E-state index in [9.17, 15) is 4.79 Å². The Morgan fingerprint density at radius 1 is 1.21 bits per heavy atom. The van der Waals surface area contributed by atoms with Gasteiger partial charge in [-0.1, -0.05) is 31.5 Å². The zero-order chi connectivity index (χ0) is 17.7. The highest BCUT2D eigenvalue weighted by molar-refractivity contribution is 6.31. The molecule has 0 bridgehead atoms. The number of benzene rings is 1. The molecule has 5 nitrogen and oxygen atoms in total. The Bertz CT molecular complexity index is 731. The number of carbonyl (C=O) groups is 1. The molecule has 0 unspecified atom stereocenters. The Morgan fingerprint density at radius 3 is 2.62 bits per heavy atom. The second kappa shape index (κ2) is 8.11. The van der Waals surface area contributed by atoms with Crippen LogP contribution in [0.3, 0.4) is 0 Å². The summed E-state index contributed by atoms with van der Waals surface area (Å²) in [6.07, 6.45) is 0.933. The van der Waals surface area contributed by atoms with Crippen molar-refractivity contribution in [1.82, 2.24) is 15.3 Å². The number of amides is 1. The van der Waals surface area contributed by atoms with Crippen LogP contribution in [-0.4, -0.2) is 22.4 Å². The number of aryl methyl sites for hydroxylation is 2. The number of rotatable bonds is 6. The number of hydrogen-bond donors (Lipinski definition) is 2. The molecule has 0 aliphatic heterocycles. The van der Waals surface area contributed by atoms with Gasteiger partial charge >= 0.3 is 0 Å². The van der Waals surface area contributed by atoms with Gasteiger partial charge in [-0.05, 0) is 43.9 Å². The smallest absolute Gasteiger partial charge is 0.270 e. The van der Waals surface area contributed by atoms with Gasteiger partial charge in [-0.3, -0.25) is 4.79 Å². The van der Waals surface area contributed by atoms with Gasteiger partial charge in [0.05, 0.1) is 0 Å². The lowest BCUT2D eigenvalue weighted by atomic mass is 10.1. The van der Waals surface area contributed by atoms with Gasteiger partial charge < -0.3 is 10.6 Å². The van der Waals surface area contributed by atoms with Crippen LogP contribution >= 0.6 is 11.6 Å². The molecule has 2 rings (SSSR count). The van der Waals surface area contributed by atoms with Crippen molar-refractivity contribution in [3.63, 3.8) is 0 Å². The molecule has 1 amide bonds. The van der Waals surface area contributed by atoms with Gasteiger partial charge in [0.2, 0.25) is 0 Å². The van der Waals surface area contributed by atoms with E-state index >= 15 is 0 Å². The first-order valence-electron chi connectivity index (χ1n) is 8.02. The van der Waals surface area contributed by atoms with E-state index in [0.717, 1.165) is 17.7 Å². The summed E-state index contributed by atoms with van der Waals surface area (Å²) in [4.78, 5) is 20.8. The molecule has 0 saturated carbocycles. The minimum atomic E-state index is -0.189. The summed E-state index contributed by atoms with van der Waals surface area (Å²) in [5.74, 6) is 1.45. The molecule has 1 heterocycles. The van der Waals surface area contributed by atoms with E-state index in [4.69, 9.17) is 11.6 Å². The van der Waals surface area contributed by atoms with Crippen LogP contribution in [0.1, 0.15) is 42.1 Å². The number of halogens is 1. The first-order valence-corrected chi connectivity index (χ1v) is 8.40. The van der Waals surface area contributed by atoms with Gasteiger partial charge in [0.15, 0.2) is 0 Å². The van der Waals surface area contributed by atoms with Crippen molar-refractivity contribution < 1.29 is 4.79 Å². The summed E-state index contributed by atoms with van der Waals surface area (Å²) in [6, 6.07) is 7.32. The average molecular weight is 347 g/mol. The van der Waals surface area contributed by atoms with Gasteiger partial charge in [0.1, 0.15) is 17.3 Å². The van der Waals surface area contributed by atoms with E-state index < -0.39 is 0 Å². The first-order chi connectivity index (χ1) is 11.3. The zero-order valence-corrected chi connectivity index (χ0v) is 15.2. The molecular formula is C18H23ClN4O. The van der Waals surface area contributed by atoms with Crippen LogP contribution in [0.2, 0.25) is 5.02 Å². The molecule has 0 fully saturated rings. The number of anilines is 2. The predicted molar refractivity (Wildman–Crippen MR) is 98.0 cm³/mol. The topological polar surface area (TPSA) is 66.9 Å². The summed E-state index contributed by atoms with van der Waals surface area (Å²) in [5.41, 5.74) is 2.17. The highest BCUT2D eigenvalue weighted by atomic mass is 35.5.